The lowest BCUT2D eigenvalue weighted by Crippen LogP contribution is -2.46. The Kier molecular flexibility index (Phi) is 6.46. The number of likely N-dealkylation sites (N-methyl/N-ethyl adjacent to an activating group) is 1. The van der Waals surface area contributed by atoms with Gasteiger partial charge in [-0.1, -0.05) is 36.4 Å². The molecule has 0 aliphatic carbocycles. The van der Waals surface area contributed by atoms with Crippen LogP contribution >= 0.6 is 0 Å². The molecule has 4 rings (SSSR count). The van der Waals surface area contributed by atoms with Crippen LogP contribution in [0.25, 0.3) is 0 Å². The molecular weight excluding hydrogens is 383 g/mol. The molecule has 0 bridgehead atoms. The lowest BCUT2D eigenvalue weighted by molar-refractivity contribution is -0.146. The molecule has 2 heterocycles. The first-order valence-corrected chi connectivity index (χ1v) is 10.5. The van der Waals surface area contributed by atoms with Gasteiger partial charge in [-0.2, -0.15) is 0 Å². The van der Waals surface area contributed by atoms with Gasteiger partial charge >= 0.3 is 0 Å². The van der Waals surface area contributed by atoms with Crippen molar-refractivity contribution >= 4 is 5.91 Å². The SMILES string of the molecule is COC[C@@H]1CO[C@@H](C(=O)N2CCc3ccccc3[C@@H]2c2ccc(F)cc2)CCN1C. The minimum atomic E-state index is -0.484. The van der Waals surface area contributed by atoms with Crippen LogP contribution in [0, 0.1) is 5.82 Å². The zero-order chi connectivity index (χ0) is 21.1. The van der Waals surface area contributed by atoms with Crippen molar-refractivity contribution in [3.8, 4) is 0 Å². The molecule has 2 aromatic rings. The molecule has 0 unspecified atom stereocenters. The highest BCUT2D eigenvalue weighted by molar-refractivity contribution is 5.82. The Bertz CT molecular complexity index is 873. The van der Waals surface area contributed by atoms with Gasteiger partial charge in [0.2, 0.25) is 0 Å². The molecule has 6 heteroatoms. The zero-order valence-corrected chi connectivity index (χ0v) is 17.6. The van der Waals surface area contributed by atoms with E-state index in [0.717, 1.165) is 24.1 Å². The van der Waals surface area contributed by atoms with Crippen LogP contribution in [-0.2, 0) is 20.7 Å². The molecule has 2 aromatic carbocycles. The Labute approximate surface area is 177 Å². The third-order valence-corrected chi connectivity index (χ3v) is 6.24. The second-order valence-corrected chi connectivity index (χ2v) is 8.13. The summed E-state index contributed by atoms with van der Waals surface area (Å²) in [6, 6.07) is 14.6. The predicted octanol–water partition coefficient (Wildman–Crippen LogP) is 3.04. The van der Waals surface area contributed by atoms with Gasteiger partial charge in [0, 0.05) is 20.2 Å². The molecule has 2 aliphatic rings. The average Bonchev–Trinajstić information content (AvgIpc) is 2.95. The number of benzene rings is 2. The maximum atomic E-state index is 13.6. The van der Waals surface area contributed by atoms with E-state index in [1.165, 1.54) is 17.7 Å². The minimum absolute atomic E-state index is 0.00490. The molecule has 1 saturated heterocycles. The Hall–Kier alpha value is -2.28. The van der Waals surface area contributed by atoms with Crippen LogP contribution in [0.5, 0.6) is 0 Å². The summed E-state index contributed by atoms with van der Waals surface area (Å²) in [6.45, 7) is 2.43. The van der Waals surface area contributed by atoms with Crippen molar-refractivity contribution in [2.24, 2.45) is 0 Å². The first kappa shape index (κ1) is 21.0. The summed E-state index contributed by atoms with van der Waals surface area (Å²) in [5.41, 5.74) is 3.25. The standard InChI is InChI=1S/C24H29FN2O3/c1-26-13-12-22(30-16-20(26)15-29-2)24(28)27-14-11-17-5-3-4-6-21(17)23(27)18-7-9-19(25)10-8-18/h3-10,20,22-23H,11-16H2,1-2H3/t20-,22-,23+/m1/s1. The molecular formula is C24H29FN2O3. The molecule has 0 radical (unpaired) electrons. The maximum Gasteiger partial charge on any atom is 0.252 e. The highest BCUT2D eigenvalue weighted by Crippen LogP contribution is 2.36. The summed E-state index contributed by atoms with van der Waals surface area (Å²) in [4.78, 5) is 17.7. The van der Waals surface area contributed by atoms with Gasteiger partial charge < -0.3 is 14.4 Å². The number of methoxy groups -OCH3 is 1. The number of ether oxygens (including phenoxy) is 2. The molecule has 1 fully saturated rings. The van der Waals surface area contributed by atoms with E-state index < -0.39 is 6.10 Å². The number of carbonyl (C=O) groups is 1. The van der Waals surface area contributed by atoms with E-state index >= 15 is 0 Å². The quantitative estimate of drug-likeness (QED) is 0.774. The summed E-state index contributed by atoms with van der Waals surface area (Å²) < 4.78 is 24.9. The summed E-state index contributed by atoms with van der Waals surface area (Å²) in [5, 5.41) is 0. The molecule has 0 N–H and O–H groups in total. The highest BCUT2D eigenvalue weighted by atomic mass is 19.1. The van der Waals surface area contributed by atoms with Crippen molar-refractivity contribution in [2.45, 2.75) is 31.0 Å². The van der Waals surface area contributed by atoms with Crippen molar-refractivity contribution < 1.29 is 18.7 Å². The smallest absolute Gasteiger partial charge is 0.252 e. The highest BCUT2D eigenvalue weighted by Gasteiger charge is 2.37. The van der Waals surface area contributed by atoms with Crippen molar-refractivity contribution in [3.05, 3.63) is 71.0 Å². The normalized spacial score (nSPS) is 24.9. The lowest BCUT2D eigenvalue weighted by Gasteiger charge is -2.39. The maximum absolute atomic E-state index is 13.6. The number of halogens is 1. The Morgan fingerprint density at radius 1 is 1.17 bits per heavy atom. The number of hydrogen-bond acceptors (Lipinski definition) is 4. The van der Waals surface area contributed by atoms with E-state index in [1.54, 1.807) is 19.2 Å². The fraction of sp³-hybridized carbons (Fsp3) is 0.458. The molecule has 0 spiro atoms. The average molecular weight is 413 g/mol. The van der Waals surface area contributed by atoms with E-state index in [0.29, 0.717) is 26.2 Å². The van der Waals surface area contributed by atoms with Gasteiger partial charge in [0.05, 0.1) is 25.3 Å². The van der Waals surface area contributed by atoms with Gasteiger partial charge in [0.1, 0.15) is 11.9 Å². The Morgan fingerprint density at radius 3 is 2.70 bits per heavy atom. The number of hydrogen-bond donors (Lipinski definition) is 0. The fourth-order valence-electron chi connectivity index (χ4n) is 4.50. The van der Waals surface area contributed by atoms with Crippen LogP contribution in [-0.4, -0.2) is 68.3 Å². The van der Waals surface area contributed by atoms with Crippen molar-refractivity contribution in [2.75, 3.05) is 40.5 Å². The third-order valence-electron chi connectivity index (χ3n) is 6.24. The largest absolute Gasteiger partial charge is 0.383 e. The number of rotatable bonds is 4. The van der Waals surface area contributed by atoms with E-state index in [2.05, 4.69) is 17.0 Å². The summed E-state index contributed by atoms with van der Waals surface area (Å²) in [6.07, 6.45) is 0.963. The van der Waals surface area contributed by atoms with Gasteiger partial charge in [0.15, 0.2) is 0 Å². The lowest BCUT2D eigenvalue weighted by atomic mass is 9.87. The van der Waals surface area contributed by atoms with Crippen molar-refractivity contribution in [3.63, 3.8) is 0 Å². The summed E-state index contributed by atoms with van der Waals surface area (Å²) in [7, 11) is 3.72. The molecule has 1 amide bonds. The molecule has 30 heavy (non-hydrogen) atoms. The van der Waals surface area contributed by atoms with Crippen LogP contribution in [0.1, 0.15) is 29.2 Å². The molecule has 3 atom stereocenters. The van der Waals surface area contributed by atoms with Gasteiger partial charge in [-0.3, -0.25) is 9.69 Å². The van der Waals surface area contributed by atoms with Crippen LogP contribution in [0.4, 0.5) is 4.39 Å². The van der Waals surface area contributed by atoms with Crippen molar-refractivity contribution in [1.29, 1.82) is 0 Å². The van der Waals surface area contributed by atoms with Crippen LogP contribution in [0.3, 0.4) is 0 Å². The Morgan fingerprint density at radius 2 is 1.93 bits per heavy atom. The second kappa shape index (κ2) is 9.25. The van der Waals surface area contributed by atoms with Crippen LogP contribution in [0.15, 0.2) is 48.5 Å². The first-order chi connectivity index (χ1) is 14.6. The predicted molar refractivity (Wildman–Crippen MR) is 113 cm³/mol. The number of amides is 1. The fourth-order valence-corrected chi connectivity index (χ4v) is 4.50. The summed E-state index contributed by atoms with van der Waals surface area (Å²) >= 11 is 0. The van der Waals surface area contributed by atoms with Gasteiger partial charge in [-0.15, -0.1) is 0 Å². The van der Waals surface area contributed by atoms with Crippen LogP contribution < -0.4 is 0 Å². The van der Waals surface area contributed by atoms with E-state index in [1.807, 2.05) is 24.1 Å². The molecule has 5 nitrogen and oxygen atoms in total. The van der Waals surface area contributed by atoms with Gasteiger partial charge in [-0.25, -0.2) is 4.39 Å². The monoisotopic (exact) mass is 412 g/mol. The molecule has 2 aliphatic heterocycles. The third kappa shape index (κ3) is 4.26. The zero-order valence-electron chi connectivity index (χ0n) is 17.6. The number of fused-ring (bicyclic) bond motifs is 1. The topological polar surface area (TPSA) is 42.0 Å². The van der Waals surface area contributed by atoms with Gasteiger partial charge in [-0.05, 0) is 48.7 Å². The van der Waals surface area contributed by atoms with E-state index in [-0.39, 0.29) is 23.8 Å². The molecule has 0 saturated carbocycles. The molecule has 0 aromatic heterocycles. The summed E-state index contributed by atoms with van der Waals surface area (Å²) in [5.74, 6) is -0.273. The van der Waals surface area contributed by atoms with Crippen molar-refractivity contribution in [1.82, 2.24) is 9.80 Å². The van der Waals surface area contributed by atoms with Crippen LogP contribution in [0.2, 0.25) is 0 Å². The second-order valence-electron chi connectivity index (χ2n) is 8.13. The van der Waals surface area contributed by atoms with E-state index in [9.17, 15) is 9.18 Å². The number of nitrogens with zero attached hydrogens (tertiary/aromatic N) is 2. The number of carbonyl (C=O) groups excluding carboxylic acids is 1. The van der Waals surface area contributed by atoms with Gasteiger partial charge in [0.25, 0.3) is 5.91 Å². The molecule has 160 valence electrons. The Balaban J connectivity index is 1.61. The van der Waals surface area contributed by atoms with E-state index in [4.69, 9.17) is 9.47 Å². The minimum Gasteiger partial charge on any atom is -0.383 e. The first-order valence-electron chi connectivity index (χ1n) is 10.5.